The highest BCUT2D eigenvalue weighted by molar-refractivity contribution is 7.90. The lowest BCUT2D eigenvalue weighted by molar-refractivity contribution is -0.140. The van der Waals surface area contributed by atoms with E-state index in [1.165, 1.54) is 23.8 Å². The second-order valence-electron chi connectivity index (χ2n) is 10.7. The van der Waals surface area contributed by atoms with Crippen LogP contribution in [-0.4, -0.2) is 82.4 Å². The van der Waals surface area contributed by atoms with Gasteiger partial charge in [-0.3, -0.25) is 4.90 Å². The molecule has 1 aromatic heterocycles. The van der Waals surface area contributed by atoms with Gasteiger partial charge in [-0.15, -0.1) is 0 Å². The molecular formula is C30H37F3N4O4S2. The Hall–Kier alpha value is -3.05. The summed E-state index contributed by atoms with van der Waals surface area (Å²) in [4.78, 5) is 2.59. The molecule has 2 fully saturated rings. The number of sulfone groups is 1. The molecule has 2 aromatic carbocycles. The van der Waals surface area contributed by atoms with E-state index in [1.807, 2.05) is 6.07 Å². The van der Waals surface area contributed by atoms with Crippen molar-refractivity contribution < 1.29 is 31.1 Å². The maximum absolute atomic E-state index is 13.6. The van der Waals surface area contributed by atoms with E-state index >= 15 is 0 Å². The number of aromatic nitrogens is 1. The summed E-state index contributed by atoms with van der Waals surface area (Å²) in [7, 11) is -1.98. The van der Waals surface area contributed by atoms with Crippen LogP contribution in [0.5, 0.6) is 5.75 Å². The Bertz CT molecular complexity index is 1580. The summed E-state index contributed by atoms with van der Waals surface area (Å²) < 4.78 is 76.5. The molecule has 0 radical (unpaired) electrons. The molecule has 2 aliphatic heterocycles. The number of piperidine rings is 1. The average molecular weight is 639 g/mol. The SMILES string of the molecule is COc1cc(S(C)(=O)=O)ccc1NCC#Cc1cc2c(NC3CCN([C@H]4CCOC4)CC3)cccc2n1CC(F)(F)F.S. The molecule has 0 aliphatic carbocycles. The molecule has 0 amide bonds. The molecule has 43 heavy (non-hydrogen) atoms. The number of rotatable bonds is 8. The number of hydrogen-bond acceptors (Lipinski definition) is 7. The fraction of sp³-hybridized carbons (Fsp3) is 0.467. The van der Waals surface area contributed by atoms with Crippen molar-refractivity contribution in [2.24, 2.45) is 0 Å². The molecular weight excluding hydrogens is 601 g/mol. The van der Waals surface area contributed by atoms with Crippen molar-refractivity contribution in [3.8, 4) is 17.6 Å². The maximum Gasteiger partial charge on any atom is 0.406 e. The number of halogens is 3. The van der Waals surface area contributed by atoms with Crippen LogP contribution in [0.15, 0.2) is 47.4 Å². The molecule has 234 valence electrons. The molecule has 0 bridgehead atoms. The van der Waals surface area contributed by atoms with Gasteiger partial charge in [-0.05, 0) is 55.5 Å². The monoisotopic (exact) mass is 638 g/mol. The Morgan fingerprint density at radius 1 is 1.09 bits per heavy atom. The summed E-state index contributed by atoms with van der Waals surface area (Å²) in [5.41, 5.74) is 2.04. The highest BCUT2D eigenvalue weighted by atomic mass is 32.2. The number of hydrogen-bond donors (Lipinski definition) is 2. The highest BCUT2D eigenvalue weighted by Crippen LogP contribution is 2.32. The van der Waals surface area contributed by atoms with Gasteiger partial charge in [0.1, 0.15) is 12.3 Å². The smallest absolute Gasteiger partial charge is 0.406 e. The largest absolute Gasteiger partial charge is 0.495 e. The number of nitrogens with one attached hydrogen (secondary N) is 2. The predicted octanol–water partition coefficient (Wildman–Crippen LogP) is 4.86. The van der Waals surface area contributed by atoms with Crippen LogP contribution in [0.25, 0.3) is 10.9 Å². The van der Waals surface area contributed by atoms with E-state index in [0.717, 1.165) is 57.5 Å². The van der Waals surface area contributed by atoms with E-state index in [4.69, 9.17) is 9.47 Å². The number of nitrogens with zero attached hydrogens (tertiary/aromatic N) is 2. The minimum Gasteiger partial charge on any atom is -0.495 e. The van der Waals surface area contributed by atoms with Gasteiger partial charge in [0.2, 0.25) is 0 Å². The van der Waals surface area contributed by atoms with Crippen LogP contribution in [0, 0.1) is 11.8 Å². The number of alkyl halides is 3. The van der Waals surface area contributed by atoms with Crippen LogP contribution in [0.3, 0.4) is 0 Å². The Kier molecular flexibility index (Phi) is 10.5. The van der Waals surface area contributed by atoms with E-state index in [1.54, 1.807) is 24.3 Å². The van der Waals surface area contributed by atoms with E-state index in [9.17, 15) is 21.6 Å². The van der Waals surface area contributed by atoms with Gasteiger partial charge in [0.15, 0.2) is 9.84 Å². The Labute approximate surface area is 257 Å². The number of fused-ring (bicyclic) bond motifs is 1. The van der Waals surface area contributed by atoms with Crippen molar-refractivity contribution in [1.82, 2.24) is 9.47 Å². The highest BCUT2D eigenvalue weighted by Gasteiger charge is 2.31. The summed E-state index contributed by atoms with van der Waals surface area (Å²) in [6.45, 7) is 2.47. The van der Waals surface area contributed by atoms with Gasteiger partial charge in [-0.2, -0.15) is 26.7 Å². The van der Waals surface area contributed by atoms with Crippen LogP contribution in [0.1, 0.15) is 25.0 Å². The maximum atomic E-state index is 13.6. The zero-order valence-electron chi connectivity index (χ0n) is 24.1. The van der Waals surface area contributed by atoms with E-state index in [2.05, 4.69) is 27.4 Å². The number of methoxy groups -OCH3 is 1. The predicted molar refractivity (Wildman–Crippen MR) is 167 cm³/mol. The van der Waals surface area contributed by atoms with E-state index in [-0.39, 0.29) is 36.7 Å². The third-order valence-electron chi connectivity index (χ3n) is 7.78. The Morgan fingerprint density at radius 3 is 2.51 bits per heavy atom. The molecule has 2 saturated heterocycles. The molecule has 2 N–H and O–H groups in total. The van der Waals surface area contributed by atoms with Crippen molar-refractivity contribution in [3.05, 3.63) is 48.2 Å². The van der Waals surface area contributed by atoms with Crippen LogP contribution in [-0.2, 0) is 21.1 Å². The zero-order valence-corrected chi connectivity index (χ0v) is 25.9. The van der Waals surface area contributed by atoms with Crippen LogP contribution in [0.2, 0.25) is 0 Å². The van der Waals surface area contributed by atoms with Crippen molar-refractivity contribution >= 4 is 45.6 Å². The fourth-order valence-corrected chi connectivity index (χ4v) is 6.26. The molecule has 0 spiro atoms. The third kappa shape index (κ3) is 8.12. The van der Waals surface area contributed by atoms with Gasteiger partial charge in [0.25, 0.3) is 0 Å². The molecule has 0 unspecified atom stereocenters. The first kappa shape index (κ1) is 32.9. The van der Waals surface area contributed by atoms with Crippen LogP contribution >= 0.6 is 13.5 Å². The molecule has 1 atom stereocenters. The summed E-state index contributed by atoms with van der Waals surface area (Å²) in [6.07, 6.45) is -0.356. The van der Waals surface area contributed by atoms with Gasteiger partial charge in [-0.25, -0.2) is 8.42 Å². The first-order chi connectivity index (χ1) is 20.0. The number of likely N-dealkylation sites (tertiary alicyclic amines) is 1. The molecule has 5 rings (SSSR count). The summed E-state index contributed by atoms with van der Waals surface area (Å²) in [6, 6.07) is 12.2. The van der Waals surface area contributed by atoms with Crippen molar-refractivity contribution in [1.29, 1.82) is 0 Å². The number of benzene rings is 2. The summed E-state index contributed by atoms with van der Waals surface area (Å²) in [5.74, 6) is 6.13. The Morgan fingerprint density at radius 2 is 1.86 bits per heavy atom. The minimum absolute atomic E-state index is 0. The first-order valence-electron chi connectivity index (χ1n) is 13.9. The van der Waals surface area contributed by atoms with Crippen molar-refractivity contribution in [2.45, 2.75) is 49.0 Å². The quantitative estimate of drug-likeness (QED) is 0.341. The molecule has 0 saturated carbocycles. The van der Waals surface area contributed by atoms with Crippen molar-refractivity contribution in [2.75, 3.05) is 56.8 Å². The lowest BCUT2D eigenvalue weighted by Gasteiger charge is -2.36. The molecule has 3 aromatic rings. The zero-order chi connectivity index (χ0) is 29.9. The standard InChI is InChI=1S/C30H35F3N4O4S.H2S/c1-40-29-18-24(42(2,38)39)8-9-27(29)34-13-4-5-22-17-25-26(6-3-7-28(25)37(22)20-30(31,32)33)35-21-10-14-36(15-11-21)23-12-16-41-19-23;/h3,6-9,17-18,21,23,34-35H,10-16,19-20H2,1-2H3;1H2/t23-;/m0./s1. The second kappa shape index (κ2) is 13.7. The topological polar surface area (TPSA) is 84.8 Å². The first-order valence-corrected chi connectivity index (χ1v) is 15.8. The summed E-state index contributed by atoms with van der Waals surface area (Å²) in [5, 5.41) is 7.34. The van der Waals surface area contributed by atoms with Crippen molar-refractivity contribution in [3.63, 3.8) is 0 Å². The van der Waals surface area contributed by atoms with E-state index < -0.39 is 22.6 Å². The van der Waals surface area contributed by atoms with Gasteiger partial charge < -0.3 is 24.7 Å². The number of anilines is 2. The van der Waals surface area contributed by atoms with Gasteiger partial charge in [-0.1, -0.05) is 12.0 Å². The normalized spacial score (nSPS) is 18.1. The van der Waals surface area contributed by atoms with Crippen LogP contribution < -0.4 is 15.4 Å². The molecule has 8 nitrogen and oxygen atoms in total. The van der Waals surface area contributed by atoms with Gasteiger partial charge >= 0.3 is 6.18 Å². The Balaban J connectivity index is 0.00000423. The average Bonchev–Trinajstić information content (AvgIpc) is 3.60. The second-order valence-corrected chi connectivity index (χ2v) is 12.7. The molecule has 13 heteroatoms. The minimum atomic E-state index is -4.42. The summed E-state index contributed by atoms with van der Waals surface area (Å²) >= 11 is 0. The lowest BCUT2D eigenvalue weighted by atomic mass is 10.0. The lowest BCUT2D eigenvalue weighted by Crippen LogP contribution is -2.44. The van der Waals surface area contributed by atoms with E-state index in [0.29, 0.717) is 28.4 Å². The molecule has 2 aliphatic rings. The number of ether oxygens (including phenoxy) is 2. The van der Waals surface area contributed by atoms with Gasteiger partial charge in [0.05, 0.1) is 42.1 Å². The van der Waals surface area contributed by atoms with Gasteiger partial charge in [0, 0.05) is 55.2 Å². The van der Waals surface area contributed by atoms with Crippen LogP contribution in [0.4, 0.5) is 24.5 Å². The fourth-order valence-electron chi connectivity index (χ4n) is 5.62. The third-order valence-corrected chi connectivity index (χ3v) is 8.89. The molecule has 3 heterocycles.